The van der Waals surface area contributed by atoms with E-state index in [0.29, 0.717) is 6.42 Å². The highest BCUT2D eigenvalue weighted by atomic mass is 16.3. The molecule has 0 radical (unpaired) electrons. The van der Waals surface area contributed by atoms with Crippen molar-refractivity contribution >= 4 is 0 Å². The van der Waals surface area contributed by atoms with Gasteiger partial charge in [0.05, 0.1) is 24.6 Å². The number of rotatable bonds is 4. The summed E-state index contributed by atoms with van der Waals surface area (Å²) < 4.78 is 10.7. The molecule has 0 saturated carbocycles. The molecule has 0 aliphatic carbocycles. The van der Waals surface area contributed by atoms with Gasteiger partial charge >= 0.3 is 0 Å². The summed E-state index contributed by atoms with van der Waals surface area (Å²) in [6.07, 6.45) is 6.41. The second kappa shape index (κ2) is 4.87. The largest absolute Gasteiger partial charge is 0.469 e. The van der Waals surface area contributed by atoms with Crippen molar-refractivity contribution in [3.8, 4) is 0 Å². The van der Waals surface area contributed by atoms with Gasteiger partial charge in [-0.25, -0.2) is 0 Å². The minimum Gasteiger partial charge on any atom is -0.469 e. The SMILES string of the molecule is c1coc(Cc2ccnnc2Cc2ccco2)c1. The van der Waals surface area contributed by atoms with E-state index in [0.717, 1.165) is 29.2 Å². The predicted molar refractivity (Wildman–Crippen MR) is 65.1 cm³/mol. The lowest BCUT2D eigenvalue weighted by molar-refractivity contribution is 0.512. The van der Waals surface area contributed by atoms with Crippen LogP contribution in [0, 0.1) is 0 Å². The molecule has 3 aromatic heterocycles. The molecule has 0 unspecified atom stereocenters. The molecule has 0 aliphatic rings. The summed E-state index contributed by atoms with van der Waals surface area (Å²) in [6.45, 7) is 0. The smallest absolute Gasteiger partial charge is 0.109 e. The van der Waals surface area contributed by atoms with E-state index in [-0.39, 0.29) is 0 Å². The van der Waals surface area contributed by atoms with Gasteiger partial charge in [0.1, 0.15) is 11.5 Å². The number of aromatic nitrogens is 2. The van der Waals surface area contributed by atoms with Gasteiger partial charge < -0.3 is 8.83 Å². The highest BCUT2D eigenvalue weighted by Gasteiger charge is 2.09. The van der Waals surface area contributed by atoms with Gasteiger partial charge in [-0.2, -0.15) is 10.2 Å². The average Bonchev–Trinajstić information content (AvgIpc) is 3.05. The molecule has 0 atom stereocenters. The van der Waals surface area contributed by atoms with Crippen LogP contribution in [0.2, 0.25) is 0 Å². The van der Waals surface area contributed by atoms with E-state index < -0.39 is 0 Å². The molecule has 3 heterocycles. The highest BCUT2D eigenvalue weighted by molar-refractivity contribution is 5.25. The highest BCUT2D eigenvalue weighted by Crippen LogP contribution is 2.15. The third-order valence-corrected chi connectivity index (χ3v) is 2.76. The first kappa shape index (κ1) is 10.8. The lowest BCUT2D eigenvalue weighted by Crippen LogP contribution is -2.00. The number of nitrogens with zero attached hydrogens (tertiary/aromatic N) is 2. The molecule has 18 heavy (non-hydrogen) atoms. The lowest BCUT2D eigenvalue weighted by Gasteiger charge is -2.04. The van der Waals surface area contributed by atoms with Crippen LogP contribution in [-0.4, -0.2) is 10.2 Å². The Labute approximate surface area is 104 Å². The van der Waals surface area contributed by atoms with Crippen LogP contribution in [0.5, 0.6) is 0 Å². The van der Waals surface area contributed by atoms with E-state index in [1.165, 1.54) is 0 Å². The number of furan rings is 2. The summed E-state index contributed by atoms with van der Waals surface area (Å²) in [4.78, 5) is 0. The van der Waals surface area contributed by atoms with Crippen molar-refractivity contribution in [1.29, 1.82) is 0 Å². The maximum Gasteiger partial charge on any atom is 0.109 e. The predicted octanol–water partition coefficient (Wildman–Crippen LogP) is 2.84. The van der Waals surface area contributed by atoms with Gasteiger partial charge in [0.15, 0.2) is 0 Å². The Morgan fingerprint density at radius 2 is 1.61 bits per heavy atom. The summed E-state index contributed by atoms with van der Waals surface area (Å²) in [7, 11) is 0. The maximum atomic E-state index is 5.36. The summed E-state index contributed by atoms with van der Waals surface area (Å²) in [5.41, 5.74) is 2.03. The molecular formula is C14H12N2O2. The third-order valence-electron chi connectivity index (χ3n) is 2.76. The zero-order chi connectivity index (χ0) is 12.2. The van der Waals surface area contributed by atoms with Crippen molar-refractivity contribution in [3.63, 3.8) is 0 Å². The Balaban J connectivity index is 1.85. The van der Waals surface area contributed by atoms with Crippen molar-refractivity contribution in [3.05, 3.63) is 71.8 Å². The molecular weight excluding hydrogens is 228 g/mol. The average molecular weight is 240 g/mol. The fourth-order valence-corrected chi connectivity index (χ4v) is 1.88. The van der Waals surface area contributed by atoms with Crippen LogP contribution in [0.3, 0.4) is 0 Å². The quantitative estimate of drug-likeness (QED) is 0.703. The first-order valence-corrected chi connectivity index (χ1v) is 5.76. The van der Waals surface area contributed by atoms with Gasteiger partial charge in [-0.1, -0.05) is 0 Å². The number of hydrogen-bond acceptors (Lipinski definition) is 4. The summed E-state index contributed by atoms with van der Waals surface area (Å²) >= 11 is 0. The van der Waals surface area contributed by atoms with Crippen molar-refractivity contribution in [1.82, 2.24) is 10.2 Å². The minimum absolute atomic E-state index is 0.650. The Bertz CT molecular complexity index is 545. The van der Waals surface area contributed by atoms with Crippen molar-refractivity contribution in [2.45, 2.75) is 12.8 Å². The van der Waals surface area contributed by atoms with Gasteiger partial charge in [-0.3, -0.25) is 0 Å². The monoisotopic (exact) mass is 240 g/mol. The first-order chi connectivity index (χ1) is 8.92. The lowest BCUT2D eigenvalue weighted by atomic mass is 10.1. The standard InChI is InChI=1S/C14H12N2O2/c1-3-12(17-7-1)9-11-5-6-15-16-14(11)10-13-4-2-8-18-13/h1-8H,9-10H2. The van der Waals surface area contributed by atoms with Gasteiger partial charge in [0.25, 0.3) is 0 Å². The molecule has 4 heteroatoms. The number of hydrogen-bond donors (Lipinski definition) is 0. The molecule has 0 aliphatic heterocycles. The van der Waals surface area contributed by atoms with Crippen molar-refractivity contribution < 1.29 is 8.83 Å². The Kier molecular flexibility index (Phi) is 2.92. The Morgan fingerprint density at radius 1 is 0.889 bits per heavy atom. The molecule has 90 valence electrons. The van der Waals surface area contributed by atoms with Crippen LogP contribution in [-0.2, 0) is 12.8 Å². The second-order valence-electron chi connectivity index (χ2n) is 4.02. The Morgan fingerprint density at radius 3 is 2.28 bits per heavy atom. The molecule has 0 spiro atoms. The van der Waals surface area contributed by atoms with Crippen LogP contribution in [0.25, 0.3) is 0 Å². The van der Waals surface area contributed by atoms with Crippen LogP contribution in [0.4, 0.5) is 0 Å². The second-order valence-corrected chi connectivity index (χ2v) is 4.02. The van der Waals surface area contributed by atoms with E-state index in [1.807, 2.05) is 30.3 Å². The van der Waals surface area contributed by atoms with Gasteiger partial charge in [-0.05, 0) is 35.9 Å². The van der Waals surface area contributed by atoms with E-state index >= 15 is 0 Å². The Hall–Kier alpha value is -2.36. The summed E-state index contributed by atoms with van der Waals surface area (Å²) in [5, 5.41) is 8.12. The zero-order valence-electron chi connectivity index (χ0n) is 9.74. The van der Waals surface area contributed by atoms with Crippen LogP contribution in [0.15, 0.2) is 57.9 Å². The molecule has 4 nitrogen and oxygen atoms in total. The van der Waals surface area contributed by atoms with Crippen LogP contribution in [0.1, 0.15) is 22.8 Å². The van der Waals surface area contributed by atoms with E-state index in [9.17, 15) is 0 Å². The van der Waals surface area contributed by atoms with E-state index in [4.69, 9.17) is 8.83 Å². The maximum absolute atomic E-state index is 5.36. The van der Waals surface area contributed by atoms with E-state index in [1.54, 1.807) is 18.7 Å². The fourth-order valence-electron chi connectivity index (χ4n) is 1.88. The molecule has 3 rings (SSSR count). The molecule has 0 fully saturated rings. The fraction of sp³-hybridized carbons (Fsp3) is 0.143. The molecule has 3 aromatic rings. The van der Waals surface area contributed by atoms with Crippen molar-refractivity contribution in [2.24, 2.45) is 0 Å². The van der Waals surface area contributed by atoms with Crippen LogP contribution >= 0.6 is 0 Å². The van der Waals surface area contributed by atoms with Crippen molar-refractivity contribution in [2.75, 3.05) is 0 Å². The van der Waals surface area contributed by atoms with Gasteiger partial charge in [0, 0.05) is 12.6 Å². The van der Waals surface area contributed by atoms with Crippen LogP contribution < -0.4 is 0 Å². The molecule has 0 saturated heterocycles. The zero-order valence-corrected chi connectivity index (χ0v) is 9.74. The molecule has 0 bridgehead atoms. The minimum atomic E-state index is 0.650. The normalized spacial score (nSPS) is 10.7. The molecule has 0 aromatic carbocycles. The molecule has 0 amide bonds. The first-order valence-electron chi connectivity index (χ1n) is 5.76. The summed E-state index contributed by atoms with van der Waals surface area (Å²) in [5.74, 6) is 1.81. The summed E-state index contributed by atoms with van der Waals surface area (Å²) in [6, 6.07) is 9.62. The third kappa shape index (κ3) is 2.32. The van der Waals surface area contributed by atoms with Gasteiger partial charge in [-0.15, -0.1) is 0 Å². The molecule has 0 N–H and O–H groups in total. The van der Waals surface area contributed by atoms with Gasteiger partial charge in [0.2, 0.25) is 0 Å². The topological polar surface area (TPSA) is 52.1 Å². The van der Waals surface area contributed by atoms with E-state index in [2.05, 4.69) is 10.2 Å².